The molecule has 1 unspecified atom stereocenters. The van der Waals surface area contributed by atoms with Crippen LogP contribution in [0, 0.1) is 5.92 Å². The van der Waals surface area contributed by atoms with E-state index in [1.54, 1.807) is 0 Å². The van der Waals surface area contributed by atoms with Crippen molar-refractivity contribution in [2.75, 3.05) is 6.54 Å². The Labute approximate surface area is 88.5 Å². The molecule has 1 nitrogen and oxygen atoms in total. The first kappa shape index (κ1) is 10.7. The van der Waals surface area contributed by atoms with Crippen LogP contribution in [0.15, 0.2) is 28.7 Å². The third-order valence-corrected chi connectivity index (χ3v) is 2.77. The normalized spacial score (nSPS) is 12.8. The zero-order chi connectivity index (χ0) is 9.68. The van der Waals surface area contributed by atoms with E-state index in [1.165, 1.54) is 12.0 Å². The summed E-state index contributed by atoms with van der Waals surface area (Å²) in [5.74, 6) is 0.628. The highest BCUT2D eigenvalue weighted by Gasteiger charge is 1.99. The van der Waals surface area contributed by atoms with Gasteiger partial charge in [0.05, 0.1) is 0 Å². The van der Waals surface area contributed by atoms with E-state index in [2.05, 4.69) is 47.1 Å². The minimum Gasteiger partial charge on any atom is -0.330 e. The zero-order valence-electron chi connectivity index (χ0n) is 7.96. The second kappa shape index (κ2) is 5.40. The van der Waals surface area contributed by atoms with E-state index in [0.29, 0.717) is 5.92 Å². The molecule has 0 saturated heterocycles. The Balaban J connectivity index is 2.41. The van der Waals surface area contributed by atoms with Gasteiger partial charge in [0.1, 0.15) is 0 Å². The van der Waals surface area contributed by atoms with Crippen molar-refractivity contribution >= 4 is 15.9 Å². The van der Waals surface area contributed by atoms with Crippen molar-refractivity contribution < 1.29 is 0 Å². The van der Waals surface area contributed by atoms with Gasteiger partial charge in [0.15, 0.2) is 0 Å². The average molecular weight is 242 g/mol. The van der Waals surface area contributed by atoms with Crippen LogP contribution in [0.3, 0.4) is 0 Å². The highest BCUT2D eigenvalue weighted by atomic mass is 79.9. The fourth-order valence-corrected chi connectivity index (χ4v) is 1.45. The van der Waals surface area contributed by atoms with E-state index in [4.69, 9.17) is 5.73 Å². The molecule has 0 spiro atoms. The van der Waals surface area contributed by atoms with Gasteiger partial charge in [-0.15, -0.1) is 0 Å². The Morgan fingerprint density at radius 1 is 1.31 bits per heavy atom. The monoisotopic (exact) mass is 241 g/mol. The molecule has 0 aromatic heterocycles. The van der Waals surface area contributed by atoms with Gasteiger partial charge in [-0.3, -0.25) is 0 Å². The number of rotatable bonds is 4. The molecule has 2 N–H and O–H groups in total. The highest BCUT2D eigenvalue weighted by molar-refractivity contribution is 9.10. The van der Waals surface area contributed by atoms with Crippen molar-refractivity contribution in [2.45, 2.75) is 19.8 Å². The Hall–Kier alpha value is -0.340. The third kappa shape index (κ3) is 3.92. The predicted octanol–water partition coefficient (Wildman–Crippen LogP) is 2.98. The minimum absolute atomic E-state index is 0.628. The zero-order valence-corrected chi connectivity index (χ0v) is 9.55. The lowest BCUT2D eigenvalue weighted by Crippen LogP contribution is -2.11. The van der Waals surface area contributed by atoms with Crippen molar-refractivity contribution in [1.82, 2.24) is 0 Å². The Morgan fingerprint density at radius 2 is 1.92 bits per heavy atom. The van der Waals surface area contributed by atoms with Crippen LogP contribution in [0.4, 0.5) is 0 Å². The lowest BCUT2D eigenvalue weighted by Gasteiger charge is -2.07. The Bertz CT molecular complexity index is 243. The molecule has 0 fully saturated rings. The number of halogens is 1. The largest absolute Gasteiger partial charge is 0.330 e. The van der Waals surface area contributed by atoms with Crippen molar-refractivity contribution in [1.29, 1.82) is 0 Å². The summed E-state index contributed by atoms with van der Waals surface area (Å²) in [6.45, 7) is 2.98. The summed E-state index contributed by atoms with van der Waals surface area (Å²) in [6, 6.07) is 8.49. The van der Waals surface area contributed by atoms with Gasteiger partial charge < -0.3 is 5.73 Å². The fraction of sp³-hybridized carbons (Fsp3) is 0.455. The van der Waals surface area contributed by atoms with Crippen LogP contribution in [0.2, 0.25) is 0 Å². The number of benzene rings is 1. The lowest BCUT2D eigenvalue weighted by molar-refractivity contribution is 0.544. The molecule has 13 heavy (non-hydrogen) atoms. The molecule has 0 heterocycles. The van der Waals surface area contributed by atoms with E-state index < -0.39 is 0 Å². The maximum atomic E-state index is 5.55. The summed E-state index contributed by atoms with van der Waals surface area (Å²) in [7, 11) is 0. The van der Waals surface area contributed by atoms with Crippen LogP contribution in [-0.2, 0) is 6.42 Å². The van der Waals surface area contributed by atoms with E-state index in [9.17, 15) is 0 Å². The van der Waals surface area contributed by atoms with Crippen molar-refractivity contribution in [3.8, 4) is 0 Å². The quantitative estimate of drug-likeness (QED) is 0.862. The van der Waals surface area contributed by atoms with Gasteiger partial charge in [-0.1, -0.05) is 35.0 Å². The molecule has 1 aromatic rings. The van der Waals surface area contributed by atoms with Crippen LogP contribution < -0.4 is 5.73 Å². The smallest absolute Gasteiger partial charge is 0.0175 e. The summed E-state index contributed by atoms with van der Waals surface area (Å²) in [5.41, 5.74) is 6.94. The first-order valence-corrected chi connectivity index (χ1v) is 5.46. The average Bonchev–Trinajstić information content (AvgIpc) is 2.16. The third-order valence-electron chi connectivity index (χ3n) is 2.24. The van der Waals surface area contributed by atoms with E-state index in [-0.39, 0.29) is 0 Å². The Kier molecular flexibility index (Phi) is 4.46. The molecule has 2 heteroatoms. The first-order chi connectivity index (χ1) is 6.22. The molecule has 72 valence electrons. The van der Waals surface area contributed by atoms with Gasteiger partial charge >= 0.3 is 0 Å². The molecular formula is C11H16BrN. The van der Waals surface area contributed by atoms with Crippen LogP contribution in [0.1, 0.15) is 18.9 Å². The summed E-state index contributed by atoms with van der Waals surface area (Å²) in [4.78, 5) is 0. The number of hydrogen-bond acceptors (Lipinski definition) is 1. The van der Waals surface area contributed by atoms with Gasteiger partial charge in [0.25, 0.3) is 0 Å². The second-order valence-corrected chi connectivity index (χ2v) is 4.42. The maximum Gasteiger partial charge on any atom is 0.0175 e. The number of nitrogens with two attached hydrogens (primary N) is 1. The number of hydrogen-bond donors (Lipinski definition) is 1. The molecule has 1 aromatic carbocycles. The molecule has 0 saturated carbocycles. The molecule has 1 atom stereocenters. The molecule has 0 aliphatic rings. The van der Waals surface area contributed by atoms with E-state index >= 15 is 0 Å². The van der Waals surface area contributed by atoms with Gasteiger partial charge in [0.2, 0.25) is 0 Å². The van der Waals surface area contributed by atoms with Crippen LogP contribution >= 0.6 is 15.9 Å². The van der Waals surface area contributed by atoms with Crippen LogP contribution in [-0.4, -0.2) is 6.54 Å². The molecule has 0 aliphatic carbocycles. The standard InChI is InChI=1S/C11H16BrN/c1-9(8-13)2-3-10-4-6-11(12)7-5-10/h4-7,9H,2-3,8,13H2,1H3. The second-order valence-electron chi connectivity index (χ2n) is 3.51. The van der Waals surface area contributed by atoms with Crippen molar-refractivity contribution in [3.63, 3.8) is 0 Å². The van der Waals surface area contributed by atoms with E-state index in [0.717, 1.165) is 17.4 Å². The summed E-state index contributed by atoms with van der Waals surface area (Å²) < 4.78 is 1.14. The number of aryl methyl sites for hydroxylation is 1. The maximum absolute atomic E-state index is 5.55. The molecule has 0 amide bonds. The summed E-state index contributed by atoms with van der Waals surface area (Å²) >= 11 is 3.42. The SMILES string of the molecule is CC(CN)CCc1ccc(Br)cc1. The van der Waals surface area contributed by atoms with Crippen LogP contribution in [0.25, 0.3) is 0 Å². The molecule has 1 rings (SSSR count). The summed E-state index contributed by atoms with van der Waals surface area (Å²) in [6.07, 6.45) is 2.31. The van der Waals surface area contributed by atoms with E-state index in [1.807, 2.05) is 0 Å². The summed E-state index contributed by atoms with van der Waals surface area (Å²) in [5, 5.41) is 0. The van der Waals surface area contributed by atoms with Gasteiger partial charge in [-0.25, -0.2) is 0 Å². The molecule has 0 aliphatic heterocycles. The highest BCUT2D eigenvalue weighted by Crippen LogP contribution is 2.13. The fourth-order valence-electron chi connectivity index (χ4n) is 1.18. The molecule has 0 radical (unpaired) electrons. The molecule has 0 bridgehead atoms. The van der Waals surface area contributed by atoms with Gasteiger partial charge in [0, 0.05) is 4.47 Å². The van der Waals surface area contributed by atoms with Crippen LogP contribution in [0.5, 0.6) is 0 Å². The first-order valence-electron chi connectivity index (χ1n) is 4.67. The lowest BCUT2D eigenvalue weighted by atomic mass is 10.0. The minimum atomic E-state index is 0.628. The predicted molar refractivity (Wildman–Crippen MR) is 60.7 cm³/mol. The van der Waals surface area contributed by atoms with Crippen molar-refractivity contribution in [2.24, 2.45) is 11.7 Å². The van der Waals surface area contributed by atoms with Crippen molar-refractivity contribution in [3.05, 3.63) is 34.3 Å². The molecular weight excluding hydrogens is 226 g/mol. The van der Waals surface area contributed by atoms with Gasteiger partial charge in [-0.05, 0) is 43.0 Å². The van der Waals surface area contributed by atoms with Gasteiger partial charge in [-0.2, -0.15) is 0 Å². The Morgan fingerprint density at radius 3 is 2.46 bits per heavy atom. The topological polar surface area (TPSA) is 26.0 Å².